The lowest BCUT2D eigenvalue weighted by Gasteiger charge is -2.32. The predicted octanol–water partition coefficient (Wildman–Crippen LogP) is 2.37. The van der Waals surface area contributed by atoms with E-state index in [0.717, 1.165) is 55.8 Å². The zero-order valence-electron chi connectivity index (χ0n) is 17.8. The predicted molar refractivity (Wildman–Crippen MR) is 119 cm³/mol. The third-order valence-electron chi connectivity index (χ3n) is 5.35. The van der Waals surface area contributed by atoms with Crippen molar-refractivity contribution in [1.29, 1.82) is 0 Å². The lowest BCUT2D eigenvalue weighted by Crippen LogP contribution is -2.42. The van der Waals surface area contributed by atoms with Crippen molar-refractivity contribution < 1.29 is 9.47 Å². The van der Waals surface area contributed by atoms with Gasteiger partial charge in [0.05, 0.1) is 25.8 Å². The van der Waals surface area contributed by atoms with Crippen molar-refractivity contribution in [2.75, 3.05) is 37.7 Å². The average molecular weight is 410 g/mol. The minimum Gasteiger partial charge on any atom is -0.488 e. The largest absolute Gasteiger partial charge is 0.488 e. The van der Waals surface area contributed by atoms with Gasteiger partial charge in [-0.1, -0.05) is 24.3 Å². The number of ether oxygens (including phenoxy) is 2. The Labute approximate surface area is 178 Å². The maximum atomic E-state index is 6.01. The number of nitrogens with one attached hydrogen (secondary N) is 2. The van der Waals surface area contributed by atoms with Gasteiger partial charge in [-0.25, -0.2) is 9.98 Å². The smallest absolute Gasteiger partial charge is 0.191 e. The number of anilines is 1. The number of nitrogens with zero attached hydrogens (tertiary/aromatic N) is 3. The molecule has 0 aliphatic carbocycles. The van der Waals surface area contributed by atoms with Crippen LogP contribution in [0.2, 0.25) is 0 Å². The maximum absolute atomic E-state index is 6.01. The van der Waals surface area contributed by atoms with Crippen molar-refractivity contribution in [3.63, 3.8) is 0 Å². The molecule has 1 aromatic heterocycles. The van der Waals surface area contributed by atoms with Crippen LogP contribution >= 0.6 is 0 Å². The summed E-state index contributed by atoms with van der Waals surface area (Å²) in [5.74, 6) is 2.79. The van der Waals surface area contributed by atoms with Gasteiger partial charge in [-0.3, -0.25) is 0 Å². The molecule has 2 unspecified atom stereocenters. The number of hydrogen-bond acceptors (Lipinski definition) is 5. The van der Waals surface area contributed by atoms with E-state index in [1.54, 1.807) is 0 Å². The summed E-state index contributed by atoms with van der Waals surface area (Å²) in [5, 5.41) is 6.71. The van der Waals surface area contributed by atoms with Crippen molar-refractivity contribution in [2.24, 2.45) is 4.99 Å². The molecule has 4 rings (SSSR count). The van der Waals surface area contributed by atoms with Crippen molar-refractivity contribution in [3.8, 4) is 5.75 Å². The third kappa shape index (κ3) is 5.21. The minimum atomic E-state index is 0.128. The Hall–Kier alpha value is -2.80. The summed E-state index contributed by atoms with van der Waals surface area (Å²) in [6.45, 7) is 8.79. The summed E-state index contributed by atoms with van der Waals surface area (Å²) >= 11 is 0. The Kier molecular flexibility index (Phi) is 6.69. The van der Waals surface area contributed by atoms with Crippen LogP contribution in [0.15, 0.2) is 47.6 Å². The highest BCUT2D eigenvalue weighted by Crippen LogP contribution is 2.27. The fraction of sp³-hybridized carbons (Fsp3) is 0.478. The maximum Gasteiger partial charge on any atom is 0.191 e. The molecule has 1 aromatic carbocycles. The van der Waals surface area contributed by atoms with Gasteiger partial charge < -0.3 is 25.0 Å². The van der Waals surface area contributed by atoms with E-state index in [1.807, 2.05) is 18.3 Å². The van der Waals surface area contributed by atoms with Crippen LogP contribution in [0.5, 0.6) is 5.75 Å². The molecule has 2 atom stereocenters. The molecule has 0 bridgehead atoms. The lowest BCUT2D eigenvalue weighted by molar-refractivity contribution is 0.0529. The van der Waals surface area contributed by atoms with Gasteiger partial charge in [-0.05, 0) is 37.1 Å². The van der Waals surface area contributed by atoms with Crippen LogP contribution in [0.25, 0.3) is 0 Å². The first-order valence-electron chi connectivity index (χ1n) is 10.8. The number of morpholine rings is 1. The van der Waals surface area contributed by atoms with E-state index in [-0.39, 0.29) is 12.2 Å². The van der Waals surface area contributed by atoms with Crippen molar-refractivity contribution in [3.05, 3.63) is 53.7 Å². The summed E-state index contributed by atoms with van der Waals surface area (Å²) < 4.78 is 11.6. The van der Waals surface area contributed by atoms with Gasteiger partial charge in [-0.2, -0.15) is 0 Å². The van der Waals surface area contributed by atoms with Gasteiger partial charge in [0.1, 0.15) is 17.7 Å². The quantitative estimate of drug-likeness (QED) is 0.564. The average Bonchev–Trinajstić information content (AvgIpc) is 3.19. The van der Waals surface area contributed by atoms with Crippen LogP contribution in [0.3, 0.4) is 0 Å². The molecule has 7 nitrogen and oxygen atoms in total. The molecule has 0 radical (unpaired) electrons. The van der Waals surface area contributed by atoms with Gasteiger partial charge in [0.2, 0.25) is 0 Å². The zero-order chi connectivity index (χ0) is 20.8. The van der Waals surface area contributed by atoms with Crippen LogP contribution < -0.4 is 20.3 Å². The number of guanidine groups is 1. The second-order valence-electron chi connectivity index (χ2n) is 7.78. The Bertz CT molecular complexity index is 830. The summed E-state index contributed by atoms with van der Waals surface area (Å²) in [4.78, 5) is 11.6. The highest BCUT2D eigenvalue weighted by atomic mass is 16.5. The molecule has 2 aliphatic rings. The second-order valence-corrected chi connectivity index (χ2v) is 7.78. The molecule has 1 fully saturated rings. The number of benzene rings is 1. The standard InChI is InChI=1S/C23H31N5O2/c1-3-24-23(27-15-20-12-19-6-4-5-7-21(19)30-20)26-14-18-8-9-22(25-13-18)28-10-11-29-17(2)16-28/h4-9,13,17,20H,3,10-12,14-16H2,1-2H3,(H2,24,26,27). The van der Waals surface area contributed by atoms with E-state index in [1.165, 1.54) is 5.56 Å². The van der Waals surface area contributed by atoms with Crippen molar-refractivity contribution in [1.82, 2.24) is 15.6 Å². The van der Waals surface area contributed by atoms with Gasteiger partial charge in [0.15, 0.2) is 5.96 Å². The molecule has 2 aromatic rings. The van der Waals surface area contributed by atoms with Gasteiger partial charge >= 0.3 is 0 Å². The van der Waals surface area contributed by atoms with Gasteiger partial charge in [-0.15, -0.1) is 0 Å². The van der Waals surface area contributed by atoms with E-state index in [0.29, 0.717) is 13.1 Å². The van der Waals surface area contributed by atoms with Crippen LogP contribution in [0.1, 0.15) is 25.0 Å². The minimum absolute atomic E-state index is 0.128. The second kappa shape index (κ2) is 9.80. The third-order valence-corrected chi connectivity index (χ3v) is 5.35. The van der Waals surface area contributed by atoms with Gasteiger partial charge in [0, 0.05) is 32.3 Å². The molecule has 7 heteroatoms. The number of rotatable bonds is 6. The summed E-state index contributed by atoms with van der Waals surface area (Å²) in [6, 6.07) is 12.4. The number of aliphatic imine (C=N–C) groups is 1. The van der Waals surface area contributed by atoms with Crippen LogP contribution in [0, 0.1) is 0 Å². The van der Waals surface area contributed by atoms with E-state index in [2.05, 4.69) is 58.6 Å². The van der Waals surface area contributed by atoms with E-state index < -0.39 is 0 Å². The molecule has 160 valence electrons. The van der Waals surface area contributed by atoms with Crippen molar-refractivity contribution in [2.45, 2.75) is 39.0 Å². The molecular formula is C23H31N5O2. The molecule has 0 saturated carbocycles. The molecule has 30 heavy (non-hydrogen) atoms. The molecule has 2 aliphatic heterocycles. The highest BCUT2D eigenvalue weighted by molar-refractivity contribution is 5.79. The Morgan fingerprint density at radius 3 is 2.90 bits per heavy atom. The Morgan fingerprint density at radius 1 is 1.23 bits per heavy atom. The van der Waals surface area contributed by atoms with Crippen LogP contribution in [-0.4, -0.2) is 55.9 Å². The van der Waals surface area contributed by atoms with Crippen molar-refractivity contribution >= 4 is 11.8 Å². The van der Waals surface area contributed by atoms with Crippen LogP contribution in [0.4, 0.5) is 5.82 Å². The number of aromatic nitrogens is 1. The van der Waals surface area contributed by atoms with E-state index in [9.17, 15) is 0 Å². The first-order valence-corrected chi connectivity index (χ1v) is 10.8. The molecule has 0 amide bonds. The SMILES string of the molecule is CCNC(=NCc1ccc(N2CCOC(C)C2)nc1)NCC1Cc2ccccc2O1. The lowest BCUT2D eigenvalue weighted by atomic mass is 10.1. The molecule has 0 spiro atoms. The molecule has 1 saturated heterocycles. The fourth-order valence-electron chi connectivity index (χ4n) is 3.81. The Morgan fingerprint density at radius 2 is 2.13 bits per heavy atom. The summed E-state index contributed by atoms with van der Waals surface area (Å²) in [7, 11) is 0. The van der Waals surface area contributed by atoms with Gasteiger partial charge in [0.25, 0.3) is 0 Å². The zero-order valence-corrected chi connectivity index (χ0v) is 17.8. The first-order chi connectivity index (χ1) is 14.7. The number of para-hydroxylation sites is 1. The first kappa shape index (κ1) is 20.5. The topological polar surface area (TPSA) is 71.0 Å². The summed E-state index contributed by atoms with van der Waals surface area (Å²) in [6.07, 6.45) is 3.21. The molecule has 2 N–H and O–H groups in total. The number of hydrogen-bond donors (Lipinski definition) is 2. The Balaban J connectivity index is 1.30. The number of pyridine rings is 1. The normalized spacial score (nSPS) is 21.1. The van der Waals surface area contributed by atoms with E-state index >= 15 is 0 Å². The number of fused-ring (bicyclic) bond motifs is 1. The molecule has 3 heterocycles. The highest BCUT2D eigenvalue weighted by Gasteiger charge is 2.22. The monoisotopic (exact) mass is 409 g/mol. The van der Waals surface area contributed by atoms with Crippen LogP contribution in [-0.2, 0) is 17.7 Å². The summed E-state index contributed by atoms with van der Waals surface area (Å²) in [5.41, 5.74) is 2.36. The molecular weight excluding hydrogens is 378 g/mol. The fourth-order valence-corrected chi connectivity index (χ4v) is 3.81. The van der Waals surface area contributed by atoms with E-state index in [4.69, 9.17) is 14.5 Å².